The smallest absolute Gasteiger partial charge is 0.304 e. The molecule has 1 heterocycles. The topological polar surface area (TPSA) is 88.2 Å². The zero-order valence-corrected chi connectivity index (χ0v) is 14.8. The van der Waals surface area contributed by atoms with Gasteiger partial charge in [-0.3, -0.25) is 4.79 Å². The number of aromatic nitrogens is 2. The number of hydrogen-bond donors (Lipinski definition) is 2. The Labute approximate surface area is 144 Å². The van der Waals surface area contributed by atoms with Crippen LogP contribution in [0.4, 0.5) is 0 Å². The van der Waals surface area contributed by atoms with Crippen molar-refractivity contribution in [1.29, 1.82) is 0 Å². The third-order valence-electron chi connectivity index (χ3n) is 4.85. The first-order valence-electron chi connectivity index (χ1n) is 9.44. The highest BCUT2D eigenvalue weighted by Crippen LogP contribution is 2.31. The van der Waals surface area contributed by atoms with Crippen molar-refractivity contribution in [3.63, 3.8) is 0 Å². The first kappa shape index (κ1) is 18.9. The van der Waals surface area contributed by atoms with E-state index in [-0.39, 0.29) is 12.3 Å². The first-order chi connectivity index (χ1) is 11.7. The van der Waals surface area contributed by atoms with E-state index in [0.717, 1.165) is 31.7 Å². The second-order valence-electron chi connectivity index (χ2n) is 6.96. The molecule has 1 saturated carbocycles. The fourth-order valence-electron chi connectivity index (χ4n) is 3.53. The van der Waals surface area contributed by atoms with Crippen LogP contribution in [0.2, 0.25) is 0 Å². The van der Waals surface area contributed by atoms with Gasteiger partial charge in [-0.2, -0.15) is 4.98 Å². The molecule has 0 spiro atoms. The van der Waals surface area contributed by atoms with Crippen molar-refractivity contribution in [2.45, 2.75) is 83.6 Å². The van der Waals surface area contributed by atoms with Crippen molar-refractivity contribution in [3.05, 3.63) is 11.7 Å². The number of carboxylic acids is 1. The molecule has 1 unspecified atom stereocenters. The Bertz CT molecular complexity index is 484. The maximum atomic E-state index is 11.2. The fraction of sp³-hybridized carbons (Fsp3) is 0.833. The van der Waals surface area contributed by atoms with Gasteiger partial charge in [-0.15, -0.1) is 0 Å². The molecule has 1 aliphatic carbocycles. The predicted molar refractivity (Wildman–Crippen MR) is 91.7 cm³/mol. The summed E-state index contributed by atoms with van der Waals surface area (Å²) < 4.78 is 5.34. The zero-order chi connectivity index (χ0) is 17.2. The van der Waals surface area contributed by atoms with Crippen LogP contribution in [0, 0.1) is 5.92 Å². The second kappa shape index (κ2) is 10.4. The minimum atomic E-state index is -0.804. The van der Waals surface area contributed by atoms with Gasteiger partial charge in [0.15, 0.2) is 5.82 Å². The fourth-order valence-corrected chi connectivity index (χ4v) is 3.53. The van der Waals surface area contributed by atoms with Crippen LogP contribution in [0.1, 0.15) is 88.8 Å². The van der Waals surface area contributed by atoms with E-state index in [1.165, 1.54) is 38.5 Å². The minimum Gasteiger partial charge on any atom is -0.481 e. The van der Waals surface area contributed by atoms with E-state index in [9.17, 15) is 9.90 Å². The Hall–Kier alpha value is -1.43. The number of carboxylic acid groups (broad SMARTS) is 1. The number of rotatable bonds is 11. The molecule has 136 valence electrons. The molecule has 24 heavy (non-hydrogen) atoms. The van der Waals surface area contributed by atoms with Crippen LogP contribution >= 0.6 is 0 Å². The molecule has 2 N–H and O–H groups in total. The van der Waals surface area contributed by atoms with Gasteiger partial charge in [0.25, 0.3) is 0 Å². The van der Waals surface area contributed by atoms with E-state index in [0.29, 0.717) is 18.3 Å². The molecule has 6 nitrogen and oxygen atoms in total. The largest absolute Gasteiger partial charge is 0.481 e. The van der Waals surface area contributed by atoms with E-state index in [4.69, 9.17) is 4.52 Å². The van der Waals surface area contributed by atoms with Gasteiger partial charge in [-0.25, -0.2) is 0 Å². The molecule has 1 fully saturated rings. The van der Waals surface area contributed by atoms with Crippen LogP contribution in [0.15, 0.2) is 4.52 Å². The van der Waals surface area contributed by atoms with Gasteiger partial charge in [-0.1, -0.05) is 57.0 Å². The summed E-state index contributed by atoms with van der Waals surface area (Å²) in [5.41, 5.74) is 0. The lowest BCUT2D eigenvalue weighted by atomic mass is 9.84. The van der Waals surface area contributed by atoms with E-state index in [1.54, 1.807) is 0 Å². The maximum Gasteiger partial charge on any atom is 0.304 e. The van der Waals surface area contributed by atoms with E-state index >= 15 is 0 Å². The summed E-state index contributed by atoms with van der Waals surface area (Å²) >= 11 is 0. The van der Waals surface area contributed by atoms with Crippen molar-refractivity contribution in [3.8, 4) is 0 Å². The summed E-state index contributed by atoms with van der Waals surface area (Å²) in [4.78, 5) is 15.6. The predicted octanol–water partition coefficient (Wildman–Crippen LogP) is 3.88. The summed E-state index contributed by atoms with van der Waals surface area (Å²) in [6, 6.07) is 0. The maximum absolute atomic E-state index is 11.2. The average molecular weight is 337 g/mol. The first-order valence-corrected chi connectivity index (χ1v) is 9.44. The van der Waals surface area contributed by atoms with Crippen LogP contribution in [0.5, 0.6) is 0 Å². The minimum absolute atomic E-state index is 0.0642. The molecule has 6 heteroatoms. The average Bonchev–Trinajstić information content (AvgIpc) is 3.04. The van der Waals surface area contributed by atoms with Crippen molar-refractivity contribution in [1.82, 2.24) is 15.5 Å². The number of aliphatic carboxylic acids is 1. The van der Waals surface area contributed by atoms with Crippen molar-refractivity contribution in [2.75, 3.05) is 6.54 Å². The monoisotopic (exact) mass is 337 g/mol. The van der Waals surface area contributed by atoms with E-state index in [2.05, 4.69) is 22.4 Å². The molecule has 0 bridgehead atoms. The van der Waals surface area contributed by atoms with Crippen LogP contribution < -0.4 is 5.32 Å². The van der Waals surface area contributed by atoms with Crippen molar-refractivity contribution in [2.24, 2.45) is 5.92 Å². The summed E-state index contributed by atoms with van der Waals surface area (Å²) in [7, 11) is 0. The Kier molecular flexibility index (Phi) is 8.22. The molecule has 1 aliphatic rings. The van der Waals surface area contributed by atoms with Crippen LogP contribution in [-0.2, 0) is 11.3 Å². The Morgan fingerprint density at radius 2 is 2.17 bits per heavy atom. The van der Waals surface area contributed by atoms with Crippen molar-refractivity contribution >= 4 is 5.97 Å². The van der Waals surface area contributed by atoms with Crippen molar-refractivity contribution < 1.29 is 14.4 Å². The van der Waals surface area contributed by atoms with Gasteiger partial charge in [0.2, 0.25) is 5.89 Å². The van der Waals surface area contributed by atoms with Crippen LogP contribution in [-0.4, -0.2) is 27.8 Å². The molecule has 1 aromatic rings. The number of carbonyl (C=O) groups is 1. The molecule has 1 aromatic heterocycles. The molecule has 0 saturated heterocycles. The molecular weight excluding hydrogens is 306 g/mol. The third-order valence-corrected chi connectivity index (χ3v) is 4.85. The SMILES string of the molecule is CCCNCc1noc(C(CCCC2CCCCC2)CC(=O)O)n1. The van der Waals surface area contributed by atoms with Gasteiger partial charge in [0, 0.05) is 5.92 Å². The quantitative estimate of drug-likeness (QED) is 0.596. The van der Waals surface area contributed by atoms with Gasteiger partial charge >= 0.3 is 5.97 Å². The van der Waals surface area contributed by atoms with E-state index < -0.39 is 5.97 Å². The second-order valence-corrected chi connectivity index (χ2v) is 6.96. The van der Waals surface area contributed by atoms with Crippen LogP contribution in [0.3, 0.4) is 0 Å². The normalized spacial score (nSPS) is 17.0. The number of hydrogen-bond acceptors (Lipinski definition) is 5. The molecular formula is C18H31N3O3. The summed E-state index contributed by atoms with van der Waals surface area (Å²) in [5.74, 6) is 0.941. The molecule has 2 rings (SSSR count). The third kappa shape index (κ3) is 6.59. The Morgan fingerprint density at radius 3 is 2.88 bits per heavy atom. The molecule has 1 atom stereocenters. The Balaban J connectivity index is 1.83. The Morgan fingerprint density at radius 1 is 1.38 bits per heavy atom. The number of nitrogens with zero attached hydrogens (tertiary/aromatic N) is 2. The molecule has 0 amide bonds. The lowest BCUT2D eigenvalue weighted by Crippen LogP contribution is -2.15. The van der Waals surface area contributed by atoms with Gasteiger partial charge in [-0.05, 0) is 25.3 Å². The number of nitrogens with one attached hydrogen (secondary N) is 1. The highest BCUT2D eigenvalue weighted by molar-refractivity contribution is 5.67. The van der Waals surface area contributed by atoms with E-state index in [1.807, 2.05) is 0 Å². The summed E-state index contributed by atoms with van der Waals surface area (Å²) in [6.45, 7) is 3.58. The lowest BCUT2D eigenvalue weighted by Gasteiger charge is -2.21. The van der Waals surface area contributed by atoms with Gasteiger partial charge < -0.3 is 14.9 Å². The molecule has 0 radical (unpaired) electrons. The highest BCUT2D eigenvalue weighted by Gasteiger charge is 2.23. The molecule has 0 aromatic carbocycles. The summed E-state index contributed by atoms with van der Waals surface area (Å²) in [5, 5.41) is 16.4. The standard InChI is InChI=1S/C18H31N3O3/c1-2-11-19-13-16-20-18(24-21-16)15(12-17(22)23)10-6-9-14-7-4-3-5-8-14/h14-15,19H,2-13H2,1H3,(H,22,23). The van der Waals surface area contributed by atoms with Gasteiger partial charge in [0.1, 0.15) is 0 Å². The highest BCUT2D eigenvalue weighted by atomic mass is 16.5. The summed E-state index contributed by atoms with van der Waals surface area (Å²) in [6.07, 6.45) is 10.9. The molecule has 0 aliphatic heterocycles. The lowest BCUT2D eigenvalue weighted by molar-refractivity contribution is -0.137. The zero-order valence-electron chi connectivity index (χ0n) is 14.8. The van der Waals surface area contributed by atoms with Gasteiger partial charge in [0.05, 0.1) is 13.0 Å². The van der Waals surface area contributed by atoms with Crippen LogP contribution in [0.25, 0.3) is 0 Å².